The average Bonchev–Trinajstić information content (AvgIpc) is 2.61. The van der Waals surface area contributed by atoms with Crippen LogP contribution in [0.1, 0.15) is 63.1 Å². The van der Waals surface area contributed by atoms with Gasteiger partial charge in [0.25, 0.3) is 0 Å². The second-order valence-electron chi connectivity index (χ2n) is 7.31. The number of carbonyl (C=O) groups is 2. The summed E-state index contributed by atoms with van der Waals surface area (Å²) in [7, 11) is 0. The molecule has 25 heavy (non-hydrogen) atoms. The highest BCUT2D eigenvalue weighted by atomic mass is 16.4. The molecule has 1 heterocycles. The molecule has 0 spiro atoms. The third-order valence-corrected chi connectivity index (χ3v) is 5.25. The molecule has 1 atom stereocenters. The number of hydrogen-bond acceptors (Lipinski definition) is 3. The normalized spacial score (nSPS) is 16.9. The number of quaternary nitrogens is 1. The van der Waals surface area contributed by atoms with E-state index in [1.54, 1.807) is 0 Å². The quantitative estimate of drug-likeness (QED) is 0.783. The predicted molar refractivity (Wildman–Crippen MR) is 95.1 cm³/mol. The highest BCUT2D eigenvalue weighted by Crippen LogP contribution is 2.17. The minimum atomic E-state index is -1.08. The number of carbonyl (C=O) groups excluding carboxylic acids is 2. The lowest BCUT2D eigenvalue weighted by Gasteiger charge is -2.35. The molecule has 1 aromatic rings. The summed E-state index contributed by atoms with van der Waals surface area (Å²) in [4.78, 5) is 25.9. The Kier molecular flexibility index (Phi) is 7.00. The third kappa shape index (κ3) is 5.56. The summed E-state index contributed by atoms with van der Waals surface area (Å²) in [6.45, 7) is 10.00. The molecular formula is C20H30N2O3. The number of hydrogen-bond donors (Lipinski definition) is 1. The van der Waals surface area contributed by atoms with Crippen molar-refractivity contribution < 1.29 is 19.6 Å². The predicted octanol–water partition coefficient (Wildman–Crippen LogP) is 0.518. The molecule has 0 aromatic heterocycles. The maximum Gasteiger partial charge on any atom is 0.222 e. The van der Waals surface area contributed by atoms with Gasteiger partial charge in [-0.1, -0.05) is 38.1 Å². The van der Waals surface area contributed by atoms with E-state index in [1.807, 2.05) is 4.90 Å². The standard InChI is InChI=1S/C20H30N2O3/c1-15(2)17-7-9-18(10-8-17)16(3)21-11-13-22(14-12-21)19(23)5-4-6-20(24)25/h7-10,15-16H,4-6,11-14H2,1-3H3,(H,24,25)/t16-/m1/s1. The molecule has 138 valence electrons. The van der Waals surface area contributed by atoms with Gasteiger partial charge in [0, 0.05) is 18.0 Å². The molecule has 5 nitrogen and oxygen atoms in total. The van der Waals surface area contributed by atoms with Gasteiger partial charge in [-0.3, -0.25) is 4.79 Å². The molecule has 0 radical (unpaired) electrons. The fraction of sp³-hybridized carbons (Fsp3) is 0.600. The Balaban J connectivity index is 1.82. The van der Waals surface area contributed by atoms with Gasteiger partial charge in [-0.05, 0) is 31.2 Å². The van der Waals surface area contributed by atoms with Crippen LogP contribution in [-0.4, -0.2) is 43.0 Å². The van der Waals surface area contributed by atoms with E-state index in [9.17, 15) is 14.7 Å². The van der Waals surface area contributed by atoms with Crippen molar-refractivity contribution in [2.45, 2.75) is 52.0 Å². The van der Waals surface area contributed by atoms with Crippen molar-refractivity contribution in [3.8, 4) is 0 Å². The number of rotatable bonds is 7. The molecular weight excluding hydrogens is 316 g/mol. The molecule has 1 fully saturated rings. The number of carboxylic acids is 1. The molecule has 2 rings (SSSR count). The maximum atomic E-state index is 12.1. The zero-order valence-electron chi connectivity index (χ0n) is 15.6. The van der Waals surface area contributed by atoms with E-state index in [1.165, 1.54) is 16.0 Å². The van der Waals surface area contributed by atoms with Gasteiger partial charge in [0.2, 0.25) is 5.91 Å². The van der Waals surface area contributed by atoms with E-state index in [0.717, 1.165) is 26.2 Å². The van der Waals surface area contributed by atoms with Crippen molar-refractivity contribution >= 4 is 11.9 Å². The zero-order chi connectivity index (χ0) is 18.4. The Morgan fingerprint density at radius 1 is 1.04 bits per heavy atom. The van der Waals surface area contributed by atoms with Crippen LogP contribution in [0.15, 0.2) is 24.3 Å². The number of benzene rings is 1. The van der Waals surface area contributed by atoms with E-state index < -0.39 is 5.97 Å². The van der Waals surface area contributed by atoms with Crippen LogP contribution in [0.2, 0.25) is 0 Å². The molecule has 1 aliphatic rings. The van der Waals surface area contributed by atoms with E-state index in [0.29, 0.717) is 24.8 Å². The summed E-state index contributed by atoms with van der Waals surface area (Å²) >= 11 is 0. The van der Waals surface area contributed by atoms with E-state index in [-0.39, 0.29) is 12.3 Å². The number of nitrogens with one attached hydrogen (secondary N) is 1. The van der Waals surface area contributed by atoms with Crippen molar-refractivity contribution in [3.63, 3.8) is 0 Å². The summed E-state index contributed by atoms with van der Waals surface area (Å²) < 4.78 is 0. The molecule has 1 amide bonds. The minimum absolute atomic E-state index is 0.0413. The van der Waals surface area contributed by atoms with Crippen LogP contribution >= 0.6 is 0 Å². The summed E-state index contributed by atoms with van der Waals surface area (Å²) in [6, 6.07) is 9.30. The van der Waals surface area contributed by atoms with Crippen molar-refractivity contribution in [1.82, 2.24) is 4.90 Å². The molecule has 1 saturated heterocycles. The maximum absolute atomic E-state index is 12.1. The molecule has 0 bridgehead atoms. The Labute approximate surface area is 150 Å². The van der Waals surface area contributed by atoms with E-state index in [4.69, 9.17) is 0 Å². The van der Waals surface area contributed by atoms with Crippen LogP contribution in [0, 0.1) is 0 Å². The van der Waals surface area contributed by atoms with E-state index in [2.05, 4.69) is 45.0 Å². The highest BCUT2D eigenvalue weighted by Gasteiger charge is 2.27. The van der Waals surface area contributed by atoms with Gasteiger partial charge in [-0.15, -0.1) is 0 Å². The zero-order valence-corrected chi connectivity index (χ0v) is 15.6. The summed E-state index contributed by atoms with van der Waals surface area (Å²) in [5.41, 5.74) is 2.70. The number of aliphatic carboxylic acids is 1. The lowest BCUT2D eigenvalue weighted by Crippen LogP contribution is -3.14. The van der Waals surface area contributed by atoms with Crippen LogP contribution < -0.4 is 10.0 Å². The number of amides is 1. The molecule has 0 unspecified atom stereocenters. The van der Waals surface area contributed by atoms with Gasteiger partial charge in [0.1, 0.15) is 6.04 Å². The lowest BCUT2D eigenvalue weighted by atomic mass is 9.99. The van der Waals surface area contributed by atoms with Gasteiger partial charge < -0.3 is 19.7 Å². The first-order valence-corrected chi connectivity index (χ1v) is 9.30. The fourth-order valence-electron chi connectivity index (χ4n) is 3.42. The first-order chi connectivity index (χ1) is 11.9. The molecule has 0 aliphatic carbocycles. The average molecular weight is 346 g/mol. The van der Waals surface area contributed by atoms with Gasteiger partial charge in [-0.25, -0.2) is 0 Å². The summed E-state index contributed by atoms with van der Waals surface area (Å²) in [6.07, 6.45) is 0.628. The Hall–Kier alpha value is -1.88. The number of nitrogens with zero attached hydrogens (tertiary/aromatic N) is 1. The summed E-state index contributed by atoms with van der Waals surface area (Å²) in [5, 5.41) is 10.4. The fourth-order valence-corrected chi connectivity index (χ4v) is 3.42. The Morgan fingerprint density at radius 3 is 2.12 bits per heavy atom. The van der Waals surface area contributed by atoms with Gasteiger partial charge >= 0.3 is 0 Å². The molecule has 1 aromatic carbocycles. The van der Waals surface area contributed by atoms with Crippen molar-refractivity contribution in [3.05, 3.63) is 35.4 Å². The largest absolute Gasteiger partial charge is 0.550 e. The van der Waals surface area contributed by atoms with Gasteiger partial charge in [0.15, 0.2) is 0 Å². The number of carboxylic acid groups (broad SMARTS) is 1. The molecule has 1 aliphatic heterocycles. The van der Waals surface area contributed by atoms with Gasteiger partial charge in [-0.2, -0.15) is 0 Å². The second-order valence-corrected chi connectivity index (χ2v) is 7.31. The van der Waals surface area contributed by atoms with Crippen molar-refractivity contribution in [2.24, 2.45) is 0 Å². The highest BCUT2D eigenvalue weighted by molar-refractivity contribution is 5.76. The monoisotopic (exact) mass is 346 g/mol. The van der Waals surface area contributed by atoms with Crippen molar-refractivity contribution in [2.75, 3.05) is 26.2 Å². The van der Waals surface area contributed by atoms with E-state index >= 15 is 0 Å². The molecule has 1 N–H and O–H groups in total. The first kappa shape index (κ1) is 19.4. The second kappa shape index (κ2) is 8.99. The van der Waals surface area contributed by atoms with Crippen LogP contribution in [0.5, 0.6) is 0 Å². The topological polar surface area (TPSA) is 64.9 Å². The van der Waals surface area contributed by atoms with Gasteiger partial charge in [0.05, 0.1) is 26.2 Å². The van der Waals surface area contributed by atoms with Crippen LogP contribution in [-0.2, 0) is 9.59 Å². The number of piperazine rings is 1. The van der Waals surface area contributed by atoms with Crippen LogP contribution in [0.4, 0.5) is 0 Å². The molecule has 5 heteroatoms. The van der Waals surface area contributed by atoms with Crippen LogP contribution in [0.3, 0.4) is 0 Å². The third-order valence-electron chi connectivity index (χ3n) is 5.25. The molecule has 0 saturated carbocycles. The Morgan fingerprint density at radius 2 is 1.60 bits per heavy atom. The first-order valence-electron chi connectivity index (χ1n) is 9.30. The lowest BCUT2D eigenvalue weighted by molar-refractivity contribution is -0.933. The Bertz CT molecular complexity index is 575. The summed E-state index contributed by atoms with van der Waals surface area (Å²) in [5.74, 6) is -0.475. The SMILES string of the molecule is CC(C)c1ccc([C@@H](C)[NH+]2CCN(C(=O)CCCC(=O)[O-])CC2)cc1. The van der Waals surface area contributed by atoms with Crippen molar-refractivity contribution in [1.29, 1.82) is 0 Å². The smallest absolute Gasteiger partial charge is 0.222 e. The minimum Gasteiger partial charge on any atom is -0.550 e. The van der Waals surface area contributed by atoms with Crippen LogP contribution in [0.25, 0.3) is 0 Å².